The third kappa shape index (κ3) is 1.68. The predicted molar refractivity (Wildman–Crippen MR) is 70.5 cm³/mol. The Balaban J connectivity index is 1.71. The highest BCUT2D eigenvalue weighted by molar-refractivity contribution is 5.99. The van der Waals surface area contributed by atoms with E-state index in [9.17, 15) is 4.79 Å². The van der Waals surface area contributed by atoms with Crippen LogP contribution in [-0.2, 0) is 11.2 Å². The number of aromatic amines is 1. The number of nitrogens with zero attached hydrogens (tertiary/aromatic N) is 3. The number of imidazole rings is 1. The van der Waals surface area contributed by atoms with Crippen LogP contribution in [0.4, 0.5) is 5.69 Å². The van der Waals surface area contributed by atoms with E-state index in [-0.39, 0.29) is 5.91 Å². The van der Waals surface area contributed by atoms with Crippen molar-refractivity contribution in [1.82, 2.24) is 19.9 Å². The first-order chi connectivity index (χ1) is 9.79. The summed E-state index contributed by atoms with van der Waals surface area (Å²) in [4.78, 5) is 26.4. The lowest BCUT2D eigenvalue weighted by atomic mass is 10.1. The van der Waals surface area contributed by atoms with Crippen molar-refractivity contribution in [2.45, 2.75) is 6.42 Å². The van der Waals surface area contributed by atoms with E-state index in [1.165, 1.54) is 12.7 Å². The van der Waals surface area contributed by atoms with E-state index in [4.69, 9.17) is 4.74 Å². The zero-order valence-electron chi connectivity index (χ0n) is 10.3. The Morgan fingerprint density at radius 1 is 1.20 bits per heavy atom. The topological polar surface area (TPSA) is 92.8 Å². The van der Waals surface area contributed by atoms with Crippen molar-refractivity contribution in [2.24, 2.45) is 0 Å². The summed E-state index contributed by atoms with van der Waals surface area (Å²) >= 11 is 0. The summed E-state index contributed by atoms with van der Waals surface area (Å²) in [6.45, 7) is 0. The summed E-state index contributed by atoms with van der Waals surface area (Å²) in [7, 11) is 0. The van der Waals surface area contributed by atoms with Gasteiger partial charge < -0.3 is 15.0 Å². The van der Waals surface area contributed by atoms with Crippen LogP contribution in [0.2, 0.25) is 0 Å². The number of anilines is 1. The maximum Gasteiger partial charge on any atom is 0.248 e. The molecule has 2 aromatic heterocycles. The largest absolute Gasteiger partial charge is 0.437 e. The molecule has 3 aromatic rings. The van der Waals surface area contributed by atoms with Crippen molar-refractivity contribution in [1.29, 1.82) is 0 Å². The fourth-order valence-corrected chi connectivity index (χ4v) is 2.20. The van der Waals surface area contributed by atoms with Gasteiger partial charge in [0.05, 0.1) is 12.7 Å². The zero-order valence-corrected chi connectivity index (χ0v) is 10.3. The van der Waals surface area contributed by atoms with E-state index in [2.05, 4.69) is 25.3 Å². The minimum atomic E-state index is -0.00450. The molecule has 20 heavy (non-hydrogen) atoms. The molecule has 0 spiro atoms. The smallest absolute Gasteiger partial charge is 0.248 e. The first kappa shape index (κ1) is 10.9. The number of H-pyrrole nitrogens is 1. The Hall–Kier alpha value is -2.96. The van der Waals surface area contributed by atoms with Crippen LogP contribution in [0.15, 0.2) is 30.9 Å². The van der Waals surface area contributed by atoms with Crippen LogP contribution in [0.5, 0.6) is 11.6 Å². The van der Waals surface area contributed by atoms with Crippen molar-refractivity contribution in [3.63, 3.8) is 0 Å². The Morgan fingerprint density at radius 3 is 3.10 bits per heavy atom. The number of aromatic nitrogens is 4. The van der Waals surface area contributed by atoms with Crippen LogP contribution in [0.1, 0.15) is 5.56 Å². The first-order valence-corrected chi connectivity index (χ1v) is 6.04. The van der Waals surface area contributed by atoms with Crippen LogP contribution in [0.25, 0.3) is 11.2 Å². The van der Waals surface area contributed by atoms with Gasteiger partial charge in [0.25, 0.3) is 0 Å². The van der Waals surface area contributed by atoms with E-state index in [0.717, 1.165) is 11.3 Å². The molecule has 0 radical (unpaired) electrons. The van der Waals surface area contributed by atoms with Gasteiger partial charge in [-0.25, -0.2) is 9.97 Å². The number of carbonyl (C=O) groups is 1. The highest BCUT2D eigenvalue weighted by atomic mass is 16.5. The van der Waals surface area contributed by atoms with Crippen LogP contribution < -0.4 is 10.1 Å². The maximum absolute atomic E-state index is 11.3. The predicted octanol–water partition coefficient (Wildman–Crippen LogP) is 1.64. The molecule has 98 valence electrons. The molecule has 2 N–H and O–H groups in total. The van der Waals surface area contributed by atoms with Crippen LogP contribution >= 0.6 is 0 Å². The second-order valence-corrected chi connectivity index (χ2v) is 4.43. The van der Waals surface area contributed by atoms with Crippen molar-refractivity contribution in [2.75, 3.05) is 5.32 Å². The Bertz CT molecular complexity index is 826. The summed E-state index contributed by atoms with van der Waals surface area (Å²) in [6, 6.07) is 5.44. The van der Waals surface area contributed by atoms with Gasteiger partial charge in [0.2, 0.25) is 11.8 Å². The Morgan fingerprint density at radius 2 is 2.15 bits per heavy atom. The lowest BCUT2D eigenvalue weighted by Gasteiger charge is -2.06. The highest BCUT2D eigenvalue weighted by Gasteiger charge is 2.18. The Labute approximate surface area is 113 Å². The SMILES string of the molecule is O=C1Cc2cc(Oc3ncnc4nc[nH]c34)ccc2N1. The van der Waals surface area contributed by atoms with E-state index < -0.39 is 0 Å². The first-order valence-electron chi connectivity index (χ1n) is 6.04. The minimum absolute atomic E-state index is 0.00450. The van der Waals surface area contributed by atoms with Crippen LogP contribution in [-0.4, -0.2) is 25.8 Å². The third-order valence-corrected chi connectivity index (χ3v) is 3.10. The average molecular weight is 267 g/mol. The maximum atomic E-state index is 11.3. The van der Waals surface area contributed by atoms with Gasteiger partial charge in [0.1, 0.15) is 17.6 Å². The lowest BCUT2D eigenvalue weighted by Crippen LogP contribution is -2.03. The fraction of sp³-hybridized carbons (Fsp3) is 0.0769. The fourth-order valence-electron chi connectivity index (χ4n) is 2.20. The summed E-state index contributed by atoms with van der Waals surface area (Å²) in [5.41, 5.74) is 2.94. The average Bonchev–Trinajstić information content (AvgIpc) is 3.03. The number of amides is 1. The number of benzene rings is 1. The monoisotopic (exact) mass is 267 g/mol. The van der Waals surface area contributed by atoms with Gasteiger partial charge in [0, 0.05) is 5.69 Å². The molecule has 1 aromatic carbocycles. The van der Waals surface area contributed by atoms with Crippen LogP contribution in [0, 0.1) is 0 Å². The molecule has 1 amide bonds. The molecule has 0 unspecified atom stereocenters. The van der Waals surface area contributed by atoms with Crippen molar-refractivity contribution < 1.29 is 9.53 Å². The number of rotatable bonds is 2. The molecular formula is C13H9N5O2. The molecule has 1 aliphatic rings. The second kappa shape index (κ2) is 4.02. The van der Waals surface area contributed by atoms with Gasteiger partial charge >= 0.3 is 0 Å². The molecule has 1 aliphatic heterocycles. The molecular weight excluding hydrogens is 258 g/mol. The van der Waals surface area contributed by atoms with E-state index in [1.807, 2.05) is 12.1 Å². The second-order valence-electron chi connectivity index (χ2n) is 4.43. The molecule has 0 fully saturated rings. The van der Waals surface area contributed by atoms with E-state index >= 15 is 0 Å². The molecule has 0 atom stereocenters. The molecule has 7 nitrogen and oxygen atoms in total. The summed E-state index contributed by atoms with van der Waals surface area (Å²) < 4.78 is 5.75. The number of nitrogens with one attached hydrogen (secondary N) is 2. The van der Waals surface area contributed by atoms with Crippen molar-refractivity contribution in [3.8, 4) is 11.6 Å². The van der Waals surface area contributed by atoms with Gasteiger partial charge in [-0.2, -0.15) is 4.98 Å². The minimum Gasteiger partial charge on any atom is -0.437 e. The lowest BCUT2D eigenvalue weighted by molar-refractivity contribution is -0.115. The molecule has 0 saturated heterocycles. The standard InChI is InChI=1S/C13H9N5O2/c19-10-4-7-3-8(1-2-9(7)18-10)20-13-11-12(15-5-14-11)16-6-17-13/h1-3,5-6H,4H2,(H,18,19)(H,14,15,16,17). The van der Waals surface area contributed by atoms with Gasteiger partial charge in [-0.1, -0.05) is 0 Å². The van der Waals surface area contributed by atoms with Crippen LogP contribution in [0.3, 0.4) is 0 Å². The molecule has 4 rings (SSSR count). The molecule has 0 saturated carbocycles. The van der Waals surface area contributed by atoms with Gasteiger partial charge in [-0.05, 0) is 23.8 Å². The summed E-state index contributed by atoms with van der Waals surface area (Å²) in [6.07, 6.45) is 3.31. The quantitative estimate of drug-likeness (QED) is 0.736. The number of ether oxygens (including phenoxy) is 1. The number of carbonyl (C=O) groups excluding carboxylic acids is 1. The molecule has 3 heterocycles. The summed E-state index contributed by atoms with van der Waals surface area (Å²) in [5.74, 6) is 1.02. The van der Waals surface area contributed by atoms with E-state index in [0.29, 0.717) is 29.2 Å². The van der Waals surface area contributed by atoms with Crippen molar-refractivity contribution in [3.05, 3.63) is 36.4 Å². The highest BCUT2D eigenvalue weighted by Crippen LogP contribution is 2.30. The van der Waals surface area contributed by atoms with Crippen molar-refractivity contribution >= 4 is 22.8 Å². The number of hydrogen-bond donors (Lipinski definition) is 2. The Kier molecular flexibility index (Phi) is 2.19. The van der Waals surface area contributed by atoms with Gasteiger partial charge in [0.15, 0.2) is 5.65 Å². The van der Waals surface area contributed by atoms with Gasteiger partial charge in [-0.15, -0.1) is 0 Å². The number of hydrogen-bond acceptors (Lipinski definition) is 5. The normalized spacial score (nSPS) is 13.3. The number of fused-ring (bicyclic) bond motifs is 2. The zero-order chi connectivity index (χ0) is 13.5. The molecule has 7 heteroatoms. The summed E-state index contributed by atoms with van der Waals surface area (Å²) in [5, 5.41) is 2.78. The molecule has 0 bridgehead atoms. The molecule has 0 aliphatic carbocycles. The van der Waals surface area contributed by atoms with E-state index in [1.54, 1.807) is 6.07 Å². The third-order valence-electron chi connectivity index (χ3n) is 3.10. The van der Waals surface area contributed by atoms with Gasteiger partial charge in [-0.3, -0.25) is 4.79 Å².